The Hall–Kier alpha value is -0.720. The SMILES string of the molecule is COc1c(Cl)sc(C)c1C#N. The Bertz CT molecular complexity index is 313. The Kier molecular flexibility index (Phi) is 2.38. The molecule has 0 unspecified atom stereocenters. The van der Waals surface area contributed by atoms with Crippen molar-refractivity contribution >= 4 is 22.9 Å². The number of methoxy groups -OCH3 is 1. The number of aryl methyl sites for hydroxylation is 1. The molecule has 0 saturated carbocycles. The van der Waals surface area contributed by atoms with Crippen LogP contribution in [0.1, 0.15) is 10.4 Å². The highest BCUT2D eigenvalue weighted by Crippen LogP contribution is 2.38. The lowest BCUT2D eigenvalue weighted by Crippen LogP contribution is -1.83. The van der Waals surface area contributed by atoms with Crippen LogP contribution in [0.15, 0.2) is 0 Å². The van der Waals surface area contributed by atoms with Crippen molar-refractivity contribution in [1.29, 1.82) is 5.26 Å². The first-order valence-electron chi connectivity index (χ1n) is 2.93. The van der Waals surface area contributed by atoms with E-state index in [0.717, 1.165) is 4.88 Å². The molecule has 1 aromatic rings. The van der Waals surface area contributed by atoms with Crippen molar-refractivity contribution < 1.29 is 4.74 Å². The fourth-order valence-electron chi connectivity index (χ4n) is 0.802. The molecule has 1 heterocycles. The van der Waals surface area contributed by atoms with Gasteiger partial charge < -0.3 is 4.74 Å². The minimum absolute atomic E-state index is 0.497. The van der Waals surface area contributed by atoms with Gasteiger partial charge in [-0.2, -0.15) is 5.26 Å². The molecule has 0 saturated heterocycles. The monoisotopic (exact) mass is 187 g/mol. The van der Waals surface area contributed by atoms with E-state index in [9.17, 15) is 0 Å². The Morgan fingerprint density at radius 1 is 1.64 bits per heavy atom. The number of nitriles is 1. The van der Waals surface area contributed by atoms with Crippen molar-refractivity contribution in [2.45, 2.75) is 6.92 Å². The third-order valence-corrected chi connectivity index (χ3v) is 2.59. The molecule has 2 nitrogen and oxygen atoms in total. The summed E-state index contributed by atoms with van der Waals surface area (Å²) in [5.74, 6) is 0.497. The van der Waals surface area contributed by atoms with E-state index in [1.165, 1.54) is 18.4 Å². The summed E-state index contributed by atoms with van der Waals surface area (Å²) in [6.07, 6.45) is 0. The zero-order valence-corrected chi connectivity index (χ0v) is 7.71. The van der Waals surface area contributed by atoms with Crippen molar-refractivity contribution in [3.05, 3.63) is 14.8 Å². The van der Waals surface area contributed by atoms with Gasteiger partial charge in [-0.3, -0.25) is 0 Å². The van der Waals surface area contributed by atoms with E-state index in [-0.39, 0.29) is 0 Å². The quantitative estimate of drug-likeness (QED) is 0.677. The fourth-order valence-corrected chi connectivity index (χ4v) is 2.11. The lowest BCUT2D eigenvalue weighted by molar-refractivity contribution is 0.415. The van der Waals surface area contributed by atoms with E-state index in [1.54, 1.807) is 0 Å². The van der Waals surface area contributed by atoms with Gasteiger partial charge in [0.1, 0.15) is 16.0 Å². The van der Waals surface area contributed by atoms with Crippen LogP contribution in [-0.2, 0) is 0 Å². The third-order valence-electron chi connectivity index (χ3n) is 1.32. The first-order chi connectivity index (χ1) is 5.20. The number of thiophene rings is 1. The summed E-state index contributed by atoms with van der Waals surface area (Å²) in [5.41, 5.74) is 0.544. The summed E-state index contributed by atoms with van der Waals surface area (Å²) in [4.78, 5) is 0.898. The van der Waals surface area contributed by atoms with E-state index in [4.69, 9.17) is 21.6 Å². The molecule has 0 fully saturated rings. The second-order valence-corrected chi connectivity index (χ2v) is 3.78. The van der Waals surface area contributed by atoms with Crippen LogP contribution in [0.5, 0.6) is 5.75 Å². The van der Waals surface area contributed by atoms with E-state index in [1.807, 2.05) is 13.0 Å². The number of halogens is 1. The van der Waals surface area contributed by atoms with Gasteiger partial charge in [0.05, 0.1) is 7.11 Å². The highest BCUT2D eigenvalue weighted by Gasteiger charge is 2.13. The number of rotatable bonds is 1. The summed E-state index contributed by atoms with van der Waals surface area (Å²) in [6.45, 7) is 1.84. The Morgan fingerprint density at radius 3 is 2.64 bits per heavy atom. The van der Waals surface area contributed by atoms with Crippen molar-refractivity contribution in [2.24, 2.45) is 0 Å². The van der Waals surface area contributed by atoms with Crippen molar-refractivity contribution in [3.63, 3.8) is 0 Å². The van der Waals surface area contributed by atoms with Gasteiger partial charge in [-0.15, -0.1) is 11.3 Å². The standard InChI is InChI=1S/C7H6ClNOS/c1-4-5(3-9)6(10-2)7(8)11-4/h1-2H3. The van der Waals surface area contributed by atoms with Gasteiger partial charge in [0.25, 0.3) is 0 Å². The van der Waals surface area contributed by atoms with Gasteiger partial charge in [0, 0.05) is 4.88 Å². The molecule has 0 atom stereocenters. The molecule has 4 heteroatoms. The Labute approximate surface area is 74.0 Å². The molecular weight excluding hydrogens is 182 g/mol. The largest absolute Gasteiger partial charge is 0.493 e. The molecule has 0 aromatic carbocycles. The predicted octanol–water partition coefficient (Wildman–Crippen LogP) is 2.59. The van der Waals surface area contributed by atoms with Crippen LogP contribution in [0.3, 0.4) is 0 Å². The first-order valence-corrected chi connectivity index (χ1v) is 4.13. The van der Waals surface area contributed by atoms with Gasteiger partial charge in [0.2, 0.25) is 0 Å². The summed E-state index contributed by atoms with van der Waals surface area (Å²) >= 11 is 7.13. The minimum Gasteiger partial charge on any atom is -0.493 e. The van der Waals surface area contributed by atoms with Crippen LogP contribution in [-0.4, -0.2) is 7.11 Å². The van der Waals surface area contributed by atoms with Gasteiger partial charge in [-0.1, -0.05) is 11.6 Å². The smallest absolute Gasteiger partial charge is 0.166 e. The molecular formula is C7H6ClNOS. The molecule has 58 valence electrons. The molecule has 0 radical (unpaired) electrons. The van der Waals surface area contributed by atoms with Gasteiger partial charge in [-0.25, -0.2) is 0 Å². The number of hydrogen-bond acceptors (Lipinski definition) is 3. The average molecular weight is 188 g/mol. The molecule has 0 aliphatic carbocycles. The molecule has 1 aromatic heterocycles. The van der Waals surface area contributed by atoms with E-state index < -0.39 is 0 Å². The van der Waals surface area contributed by atoms with Crippen LogP contribution < -0.4 is 4.74 Å². The Balaban J connectivity index is 3.31. The van der Waals surface area contributed by atoms with Crippen LogP contribution >= 0.6 is 22.9 Å². The Morgan fingerprint density at radius 2 is 2.27 bits per heavy atom. The topological polar surface area (TPSA) is 33.0 Å². The summed E-state index contributed by atoms with van der Waals surface area (Å²) in [6, 6.07) is 2.04. The van der Waals surface area contributed by atoms with E-state index in [2.05, 4.69) is 0 Å². The maximum atomic E-state index is 8.66. The van der Waals surface area contributed by atoms with Gasteiger partial charge >= 0.3 is 0 Å². The maximum absolute atomic E-state index is 8.66. The van der Waals surface area contributed by atoms with Gasteiger partial charge in [0.15, 0.2) is 5.75 Å². The van der Waals surface area contributed by atoms with Crippen LogP contribution in [0.25, 0.3) is 0 Å². The molecule has 0 N–H and O–H groups in total. The second kappa shape index (κ2) is 3.12. The van der Waals surface area contributed by atoms with Crippen molar-refractivity contribution in [2.75, 3.05) is 7.11 Å². The predicted molar refractivity (Wildman–Crippen MR) is 45.3 cm³/mol. The van der Waals surface area contributed by atoms with Crippen LogP contribution in [0.2, 0.25) is 4.34 Å². The summed E-state index contributed by atoms with van der Waals surface area (Å²) in [5, 5.41) is 8.66. The molecule has 0 aliphatic heterocycles. The summed E-state index contributed by atoms with van der Waals surface area (Å²) < 4.78 is 5.49. The number of nitrogens with zero attached hydrogens (tertiary/aromatic N) is 1. The molecule has 0 aliphatic rings. The number of hydrogen-bond donors (Lipinski definition) is 0. The molecule has 0 spiro atoms. The highest BCUT2D eigenvalue weighted by atomic mass is 35.5. The number of ether oxygens (including phenoxy) is 1. The average Bonchev–Trinajstić information content (AvgIpc) is 2.24. The van der Waals surface area contributed by atoms with Crippen LogP contribution in [0, 0.1) is 18.3 Å². The zero-order valence-electron chi connectivity index (χ0n) is 6.14. The maximum Gasteiger partial charge on any atom is 0.166 e. The lowest BCUT2D eigenvalue weighted by atomic mass is 10.3. The second-order valence-electron chi connectivity index (χ2n) is 1.95. The van der Waals surface area contributed by atoms with Crippen LogP contribution in [0.4, 0.5) is 0 Å². The zero-order chi connectivity index (χ0) is 8.43. The lowest BCUT2D eigenvalue weighted by Gasteiger charge is -1.94. The van der Waals surface area contributed by atoms with Crippen molar-refractivity contribution in [1.82, 2.24) is 0 Å². The van der Waals surface area contributed by atoms with Crippen molar-refractivity contribution in [3.8, 4) is 11.8 Å². The minimum atomic E-state index is 0.497. The third kappa shape index (κ3) is 1.32. The molecule has 11 heavy (non-hydrogen) atoms. The highest BCUT2D eigenvalue weighted by molar-refractivity contribution is 7.16. The molecule has 1 rings (SSSR count). The normalized spacial score (nSPS) is 9.27. The summed E-state index contributed by atoms with van der Waals surface area (Å²) in [7, 11) is 1.51. The van der Waals surface area contributed by atoms with E-state index >= 15 is 0 Å². The fraction of sp³-hybridized carbons (Fsp3) is 0.286. The van der Waals surface area contributed by atoms with E-state index in [0.29, 0.717) is 15.6 Å². The molecule has 0 amide bonds. The first kappa shape index (κ1) is 8.38. The molecule has 0 bridgehead atoms. The van der Waals surface area contributed by atoms with Gasteiger partial charge in [-0.05, 0) is 6.92 Å².